The zero-order valence-electron chi connectivity index (χ0n) is 11.4. The zero-order valence-corrected chi connectivity index (χ0v) is 11.4. The number of hydrogen-bond acceptors (Lipinski definition) is 4. The minimum Gasteiger partial charge on any atom is -0.492 e. The second-order valence-corrected chi connectivity index (χ2v) is 4.38. The van der Waals surface area contributed by atoms with Crippen LogP contribution in [-0.2, 0) is 13.5 Å². The van der Waals surface area contributed by atoms with Crippen molar-refractivity contribution in [1.29, 1.82) is 0 Å². The molecule has 1 N–H and O–H groups in total. The van der Waals surface area contributed by atoms with Gasteiger partial charge in [0.25, 0.3) is 0 Å². The smallest absolute Gasteiger partial charge is 0.128 e. The molecule has 0 saturated carbocycles. The largest absolute Gasteiger partial charge is 0.492 e. The Kier molecular flexibility index (Phi) is 4.34. The highest BCUT2D eigenvalue weighted by atomic mass is 19.1. The topological polar surface area (TPSA) is 59.6 Å². The predicted molar refractivity (Wildman–Crippen MR) is 72.8 cm³/mol. The molecule has 0 bridgehead atoms. The molecule has 20 heavy (non-hydrogen) atoms. The summed E-state index contributed by atoms with van der Waals surface area (Å²) in [5, 5.41) is 11.9. The first-order valence-electron chi connectivity index (χ1n) is 6.19. The number of hydrogen-bond donors (Lipinski definition) is 1. The molecule has 0 spiro atoms. The second kappa shape index (κ2) is 6.18. The third-order valence-corrected chi connectivity index (χ3v) is 2.99. The summed E-state index contributed by atoms with van der Waals surface area (Å²) in [5.74, 6) is 0.983. The fraction of sp³-hybridized carbons (Fsp3) is 0.286. The highest BCUT2D eigenvalue weighted by molar-refractivity contribution is 6.00. The molecule has 0 fully saturated rings. The maximum Gasteiger partial charge on any atom is 0.128 e. The lowest BCUT2D eigenvalue weighted by atomic mass is 10.1. The summed E-state index contributed by atoms with van der Waals surface area (Å²) in [5.41, 5.74) is 0.740. The van der Waals surface area contributed by atoms with E-state index in [0.29, 0.717) is 30.1 Å². The average molecular weight is 277 g/mol. The first-order valence-corrected chi connectivity index (χ1v) is 6.19. The van der Waals surface area contributed by atoms with E-state index in [9.17, 15) is 4.39 Å². The Morgan fingerprint density at radius 2 is 2.30 bits per heavy atom. The molecule has 2 aromatic rings. The van der Waals surface area contributed by atoms with E-state index in [1.165, 1.54) is 18.2 Å². The van der Waals surface area contributed by atoms with Gasteiger partial charge < -0.3 is 14.5 Å². The number of oxime groups is 1. The van der Waals surface area contributed by atoms with Crippen molar-refractivity contribution in [3.63, 3.8) is 0 Å². The van der Waals surface area contributed by atoms with Gasteiger partial charge in [-0.1, -0.05) is 5.16 Å². The van der Waals surface area contributed by atoms with Crippen LogP contribution < -0.4 is 4.74 Å². The molecule has 0 unspecified atom stereocenters. The van der Waals surface area contributed by atoms with Gasteiger partial charge in [-0.3, -0.25) is 0 Å². The van der Waals surface area contributed by atoms with Gasteiger partial charge in [0, 0.05) is 31.4 Å². The average Bonchev–Trinajstić information content (AvgIpc) is 2.85. The third-order valence-electron chi connectivity index (χ3n) is 2.99. The van der Waals surface area contributed by atoms with Crippen molar-refractivity contribution in [2.45, 2.75) is 13.3 Å². The van der Waals surface area contributed by atoms with Crippen LogP contribution in [0, 0.1) is 5.82 Å². The van der Waals surface area contributed by atoms with Crippen molar-refractivity contribution in [2.24, 2.45) is 12.2 Å². The Morgan fingerprint density at radius 3 is 2.95 bits per heavy atom. The molecule has 106 valence electrons. The van der Waals surface area contributed by atoms with Crippen LogP contribution in [0.3, 0.4) is 0 Å². The quantitative estimate of drug-likeness (QED) is 0.518. The number of imidazole rings is 1. The van der Waals surface area contributed by atoms with Gasteiger partial charge in [-0.15, -0.1) is 0 Å². The fourth-order valence-electron chi connectivity index (χ4n) is 1.85. The van der Waals surface area contributed by atoms with Crippen LogP contribution in [0.2, 0.25) is 0 Å². The Hall–Kier alpha value is -2.37. The van der Waals surface area contributed by atoms with Crippen LogP contribution in [0.25, 0.3) is 0 Å². The number of halogens is 1. The van der Waals surface area contributed by atoms with Crippen molar-refractivity contribution >= 4 is 5.71 Å². The van der Waals surface area contributed by atoms with Crippen LogP contribution >= 0.6 is 0 Å². The van der Waals surface area contributed by atoms with Crippen molar-refractivity contribution in [1.82, 2.24) is 9.55 Å². The van der Waals surface area contributed by atoms with Crippen molar-refractivity contribution in [3.8, 4) is 5.75 Å². The van der Waals surface area contributed by atoms with E-state index in [-0.39, 0.29) is 0 Å². The minimum absolute atomic E-state index is 0.302. The Balaban J connectivity index is 2.08. The first kappa shape index (κ1) is 14.0. The molecule has 6 heteroatoms. The molecule has 0 aliphatic carbocycles. The van der Waals surface area contributed by atoms with E-state index in [2.05, 4.69) is 10.1 Å². The Bertz CT molecular complexity index is 623. The second-order valence-electron chi connectivity index (χ2n) is 4.38. The van der Waals surface area contributed by atoms with Gasteiger partial charge in [-0.25, -0.2) is 9.37 Å². The number of nitrogens with zero attached hydrogens (tertiary/aromatic N) is 3. The lowest BCUT2D eigenvalue weighted by Gasteiger charge is -2.11. The maximum absolute atomic E-state index is 13.2. The lowest BCUT2D eigenvalue weighted by molar-refractivity contribution is 0.311. The summed E-state index contributed by atoms with van der Waals surface area (Å²) in [6, 6.07) is 4.12. The summed E-state index contributed by atoms with van der Waals surface area (Å²) < 4.78 is 20.8. The van der Waals surface area contributed by atoms with E-state index in [1.54, 1.807) is 13.1 Å². The normalized spacial score (nSPS) is 11.7. The minimum atomic E-state index is -0.403. The van der Waals surface area contributed by atoms with Gasteiger partial charge in [0.2, 0.25) is 0 Å². The van der Waals surface area contributed by atoms with Crippen LogP contribution in [0.5, 0.6) is 5.75 Å². The van der Waals surface area contributed by atoms with Gasteiger partial charge in [0.05, 0.1) is 12.3 Å². The predicted octanol–water partition coefficient (Wildman–Crippen LogP) is 2.38. The Morgan fingerprint density at radius 1 is 1.50 bits per heavy atom. The number of aryl methyl sites for hydroxylation is 1. The molecule has 0 amide bonds. The highest BCUT2D eigenvalue weighted by Gasteiger charge is 2.09. The summed E-state index contributed by atoms with van der Waals surface area (Å²) in [4.78, 5) is 4.19. The van der Waals surface area contributed by atoms with Crippen LogP contribution in [0.15, 0.2) is 35.7 Å². The molecule has 2 rings (SSSR count). The molecule has 0 aliphatic heterocycles. The molecule has 0 radical (unpaired) electrons. The van der Waals surface area contributed by atoms with E-state index < -0.39 is 5.82 Å². The van der Waals surface area contributed by atoms with Gasteiger partial charge in [-0.2, -0.15) is 0 Å². The number of aromatic nitrogens is 2. The standard InChI is InChI=1S/C14H16FN3O2/c1-10(17-19)12-9-11(15)3-4-13(12)20-8-5-14-16-6-7-18(14)2/h3-4,6-7,9,19H,5,8H2,1-2H3/b17-10-. The summed E-state index contributed by atoms with van der Waals surface area (Å²) in [6.45, 7) is 1.99. The molecule has 0 atom stereocenters. The van der Waals surface area contributed by atoms with Crippen LogP contribution in [-0.4, -0.2) is 27.1 Å². The van der Waals surface area contributed by atoms with E-state index >= 15 is 0 Å². The van der Waals surface area contributed by atoms with Crippen molar-refractivity contribution < 1.29 is 14.3 Å². The van der Waals surface area contributed by atoms with Crippen molar-refractivity contribution in [3.05, 3.63) is 47.8 Å². The third kappa shape index (κ3) is 3.14. The number of benzene rings is 1. The number of ether oxygens (including phenoxy) is 1. The number of rotatable bonds is 5. The molecular weight excluding hydrogens is 261 g/mol. The van der Waals surface area contributed by atoms with Gasteiger partial charge >= 0.3 is 0 Å². The summed E-state index contributed by atoms with van der Waals surface area (Å²) >= 11 is 0. The molecule has 1 heterocycles. The van der Waals surface area contributed by atoms with Crippen LogP contribution in [0.4, 0.5) is 4.39 Å². The van der Waals surface area contributed by atoms with E-state index in [4.69, 9.17) is 9.94 Å². The fourth-order valence-corrected chi connectivity index (χ4v) is 1.85. The zero-order chi connectivity index (χ0) is 14.5. The molecule has 0 saturated heterocycles. The molecule has 5 nitrogen and oxygen atoms in total. The molecule has 0 aliphatic rings. The van der Waals surface area contributed by atoms with Gasteiger partial charge in [0.1, 0.15) is 17.4 Å². The first-order chi connectivity index (χ1) is 9.61. The summed E-state index contributed by atoms with van der Waals surface area (Å²) in [7, 11) is 1.91. The van der Waals surface area contributed by atoms with Gasteiger partial charge in [0.15, 0.2) is 0 Å². The highest BCUT2D eigenvalue weighted by Crippen LogP contribution is 2.21. The Labute approximate surface area is 116 Å². The van der Waals surface area contributed by atoms with Crippen LogP contribution in [0.1, 0.15) is 18.3 Å². The van der Waals surface area contributed by atoms with E-state index in [1.807, 2.05) is 17.8 Å². The lowest BCUT2D eigenvalue weighted by Crippen LogP contribution is -2.08. The van der Waals surface area contributed by atoms with Crippen molar-refractivity contribution in [2.75, 3.05) is 6.61 Å². The van der Waals surface area contributed by atoms with E-state index in [0.717, 1.165) is 5.82 Å². The SMILES string of the molecule is C/C(=N/O)c1cc(F)ccc1OCCc1nccn1C. The van der Waals surface area contributed by atoms with Gasteiger partial charge in [-0.05, 0) is 25.1 Å². The summed E-state index contributed by atoms with van der Waals surface area (Å²) in [6.07, 6.45) is 4.22. The molecule has 1 aromatic heterocycles. The maximum atomic E-state index is 13.2. The monoisotopic (exact) mass is 277 g/mol. The molecular formula is C14H16FN3O2. The molecule has 1 aromatic carbocycles.